The molecule has 0 spiro atoms. The predicted molar refractivity (Wildman–Crippen MR) is 120 cm³/mol. The Kier molecular flexibility index (Phi) is 6.91. The first-order chi connectivity index (χ1) is 15.1. The number of alkyl halides is 3. The monoisotopic (exact) mass is 483 g/mol. The Bertz CT molecular complexity index is 1140. The van der Waals surface area contributed by atoms with Crippen molar-refractivity contribution < 1.29 is 22.4 Å². The summed E-state index contributed by atoms with van der Waals surface area (Å²) in [6.07, 6.45) is -1.22. The number of fused-ring (bicyclic) bond motifs is 1. The summed E-state index contributed by atoms with van der Waals surface area (Å²) in [6, 6.07) is 1.79. The lowest BCUT2D eigenvalue weighted by Gasteiger charge is -2.29. The highest BCUT2D eigenvalue weighted by Gasteiger charge is 2.34. The number of aryl methyl sites for hydroxylation is 1. The van der Waals surface area contributed by atoms with Crippen LogP contribution in [-0.4, -0.2) is 31.7 Å². The molecule has 0 saturated carbocycles. The Morgan fingerprint density at radius 2 is 2.03 bits per heavy atom. The fourth-order valence-electron chi connectivity index (χ4n) is 3.33. The Balaban J connectivity index is 0.00000306. The molecule has 0 aliphatic carbocycles. The second kappa shape index (κ2) is 9.33. The van der Waals surface area contributed by atoms with Crippen LogP contribution in [0.2, 0.25) is 0 Å². The van der Waals surface area contributed by atoms with Crippen LogP contribution in [0.25, 0.3) is 0 Å². The maximum atomic E-state index is 12.7. The van der Waals surface area contributed by atoms with Gasteiger partial charge in [0.1, 0.15) is 17.5 Å². The van der Waals surface area contributed by atoms with Crippen molar-refractivity contribution in [3.63, 3.8) is 0 Å². The summed E-state index contributed by atoms with van der Waals surface area (Å²) in [7, 11) is 0. The number of aromatic nitrogens is 4. The molecule has 3 aromatic heterocycles. The molecule has 178 valence electrons. The van der Waals surface area contributed by atoms with Gasteiger partial charge in [-0.15, -0.1) is 0 Å². The molecule has 0 unspecified atom stereocenters. The van der Waals surface area contributed by atoms with Gasteiger partial charge >= 0.3 is 6.18 Å². The minimum Gasteiger partial charge on any atom is -0.455 e. The first-order valence-corrected chi connectivity index (χ1v) is 9.97. The van der Waals surface area contributed by atoms with E-state index in [0.717, 1.165) is 11.6 Å². The number of nitrogens with zero attached hydrogens (tertiary/aromatic N) is 4. The first kappa shape index (κ1) is 24.4. The van der Waals surface area contributed by atoms with Crippen LogP contribution in [0.4, 0.5) is 30.6 Å². The number of anilines is 3. The van der Waals surface area contributed by atoms with E-state index in [9.17, 15) is 18.0 Å². The molecule has 0 fully saturated rings. The highest BCUT2D eigenvalue weighted by atomic mass is 32.1. The number of furan rings is 1. The summed E-state index contributed by atoms with van der Waals surface area (Å²) in [5.74, 6) is 0.00829. The van der Waals surface area contributed by atoms with Crippen LogP contribution in [-0.2, 0) is 24.1 Å². The molecule has 3 N–H and O–H groups in total. The largest absolute Gasteiger partial charge is 0.455 e. The zero-order valence-electron chi connectivity index (χ0n) is 18.1. The molecule has 0 radical (unpaired) electrons. The zero-order chi connectivity index (χ0) is 23.0. The molecule has 0 saturated heterocycles. The van der Waals surface area contributed by atoms with Gasteiger partial charge in [0.15, 0.2) is 5.82 Å². The Labute approximate surface area is 194 Å². The van der Waals surface area contributed by atoms with Gasteiger partial charge in [-0.2, -0.15) is 36.7 Å². The van der Waals surface area contributed by atoms with E-state index >= 15 is 0 Å². The van der Waals surface area contributed by atoms with Crippen molar-refractivity contribution in [2.24, 2.45) is 5.92 Å². The number of amides is 1. The standard InChI is InChI=1S/C20H22F3N7O2.H2S/c1-10(2)15-18(31)28-16-11(3)26-19(29-17(16)27-15)24-6-12-7-25-30(8-12)9-13-4-5-14(32-13)20(21,22)23;/h4-5,7-8,10,15H,6,9H2,1-3H3,(H,28,31)(H2,24,26,27,29);1H2/t15-;/m0./s1. The normalized spacial score (nSPS) is 15.5. The average molecular weight is 484 g/mol. The lowest BCUT2D eigenvalue weighted by Crippen LogP contribution is -2.43. The highest BCUT2D eigenvalue weighted by molar-refractivity contribution is 7.59. The van der Waals surface area contributed by atoms with Crippen LogP contribution < -0.4 is 16.0 Å². The van der Waals surface area contributed by atoms with Crippen LogP contribution in [0, 0.1) is 12.8 Å². The van der Waals surface area contributed by atoms with Crippen molar-refractivity contribution in [3.8, 4) is 0 Å². The minimum atomic E-state index is -4.52. The van der Waals surface area contributed by atoms with Crippen molar-refractivity contribution in [2.75, 3.05) is 16.0 Å². The summed E-state index contributed by atoms with van der Waals surface area (Å²) in [5.41, 5.74) is 1.96. The van der Waals surface area contributed by atoms with Gasteiger partial charge in [0, 0.05) is 18.3 Å². The molecule has 1 atom stereocenters. The third-order valence-electron chi connectivity index (χ3n) is 4.98. The van der Waals surface area contributed by atoms with Gasteiger partial charge < -0.3 is 20.4 Å². The molecule has 1 amide bonds. The number of hydrogen-bond acceptors (Lipinski definition) is 7. The van der Waals surface area contributed by atoms with E-state index in [1.54, 1.807) is 19.3 Å². The smallest absolute Gasteiger partial charge is 0.449 e. The van der Waals surface area contributed by atoms with E-state index in [-0.39, 0.29) is 43.7 Å². The summed E-state index contributed by atoms with van der Waals surface area (Å²) in [4.78, 5) is 21.1. The van der Waals surface area contributed by atoms with Crippen LogP contribution in [0.3, 0.4) is 0 Å². The molecule has 0 aromatic carbocycles. The van der Waals surface area contributed by atoms with Crippen molar-refractivity contribution in [1.82, 2.24) is 19.7 Å². The number of hydrogen-bond donors (Lipinski definition) is 3. The number of nitrogens with one attached hydrogen (secondary N) is 3. The number of rotatable bonds is 6. The van der Waals surface area contributed by atoms with Gasteiger partial charge in [0.05, 0.1) is 18.4 Å². The fourth-order valence-corrected chi connectivity index (χ4v) is 3.33. The molecular weight excluding hydrogens is 459 g/mol. The SMILES string of the molecule is Cc1nc(NCc2cnn(Cc3ccc(C(F)(F)F)o3)c2)nc2c1NC(=O)[C@H](C(C)C)N2.S. The van der Waals surface area contributed by atoms with Gasteiger partial charge in [-0.05, 0) is 25.0 Å². The third kappa shape index (κ3) is 5.41. The molecule has 1 aliphatic rings. The van der Waals surface area contributed by atoms with E-state index in [4.69, 9.17) is 4.42 Å². The van der Waals surface area contributed by atoms with Crippen molar-refractivity contribution in [1.29, 1.82) is 0 Å². The van der Waals surface area contributed by atoms with E-state index in [2.05, 4.69) is 31.0 Å². The van der Waals surface area contributed by atoms with E-state index in [1.165, 1.54) is 10.7 Å². The quantitative estimate of drug-likeness (QED) is 0.490. The summed E-state index contributed by atoms with van der Waals surface area (Å²) < 4.78 is 44.3. The summed E-state index contributed by atoms with van der Waals surface area (Å²) in [6.45, 7) is 6.09. The second-order valence-corrected chi connectivity index (χ2v) is 7.87. The second-order valence-electron chi connectivity index (χ2n) is 7.87. The molecule has 33 heavy (non-hydrogen) atoms. The third-order valence-corrected chi connectivity index (χ3v) is 4.98. The van der Waals surface area contributed by atoms with E-state index in [0.29, 0.717) is 29.7 Å². The molecule has 0 bridgehead atoms. The number of carbonyl (C=O) groups is 1. The van der Waals surface area contributed by atoms with E-state index < -0.39 is 11.9 Å². The maximum absolute atomic E-state index is 12.7. The van der Waals surface area contributed by atoms with Crippen LogP contribution in [0.1, 0.15) is 36.6 Å². The summed E-state index contributed by atoms with van der Waals surface area (Å²) in [5, 5.41) is 13.3. The van der Waals surface area contributed by atoms with Gasteiger partial charge in [-0.1, -0.05) is 13.8 Å². The van der Waals surface area contributed by atoms with Crippen molar-refractivity contribution in [3.05, 3.63) is 47.3 Å². The van der Waals surface area contributed by atoms with Crippen molar-refractivity contribution >= 4 is 36.9 Å². The zero-order valence-corrected chi connectivity index (χ0v) is 19.1. The Morgan fingerprint density at radius 3 is 2.70 bits per heavy atom. The molecule has 4 rings (SSSR count). The molecule has 13 heteroatoms. The summed E-state index contributed by atoms with van der Waals surface area (Å²) >= 11 is 0. The molecule has 1 aliphatic heterocycles. The van der Waals surface area contributed by atoms with Crippen LogP contribution in [0.5, 0.6) is 0 Å². The first-order valence-electron chi connectivity index (χ1n) is 9.97. The molecule has 4 heterocycles. The van der Waals surface area contributed by atoms with Crippen LogP contribution in [0.15, 0.2) is 28.9 Å². The van der Waals surface area contributed by atoms with Crippen LogP contribution >= 0.6 is 13.5 Å². The number of halogens is 3. The Hall–Kier alpha value is -3.22. The molecule has 9 nitrogen and oxygen atoms in total. The topological polar surface area (TPSA) is 110 Å². The highest BCUT2D eigenvalue weighted by Crippen LogP contribution is 2.31. The average Bonchev–Trinajstić information content (AvgIpc) is 3.36. The van der Waals surface area contributed by atoms with Crippen molar-refractivity contribution in [2.45, 2.75) is 46.1 Å². The Morgan fingerprint density at radius 1 is 1.27 bits per heavy atom. The lowest BCUT2D eigenvalue weighted by atomic mass is 10.0. The number of carbonyl (C=O) groups excluding carboxylic acids is 1. The lowest BCUT2D eigenvalue weighted by molar-refractivity contribution is -0.153. The predicted octanol–water partition coefficient (Wildman–Crippen LogP) is 3.76. The van der Waals surface area contributed by atoms with Gasteiger partial charge in [-0.3, -0.25) is 9.48 Å². The van der Waals surface area contributed by atoms with Gasteiger partial charge in [-0.25, -0.2) is 4.98 Å². The van der Waals surface area contributed by atoms with Gasteiger partial charge in [0.2, 0.25) is 17.6 Å². The molecular formula is C20H24F3N7O2S. The van der Waals surface area contributed by atoms with Gasteiger partial charge in [0.25, 0.3) is 0 Å². The molecule has 3 aromatic rings. The minimum absolute atomic E-state index is 0. The fraction of sp³-hybridized carbons (Fsp3) is 0.400. The van der Waals surface area contributed by atoms with E-state index in [1.807, 2.05) is 13.8 Å². The maximum Gasteiger partial charge on any atom is 0.449 e.